The van der Waals surface area contributed by atoms with E-state index in [0.717, 1.165) is 28.2 Å². The molecule has 69 heavy (non-hydrogen) atoms. The minimum atomic E-state index is -0.640. The van der Waals surface area contributed by atoms with Crippen molar-refractivity contribution in [1.82, 2.24) is 19.5 Å². The fourth-order valence-electron chi connectivity index (χ4n) is 11.3. The van der Waals surface area contributed by atoms with Crippen LogP contribution in [0.3, 0.4) is 0 Å². The van der Waals surface area contributed by atoms with Crippen LogP contribution in [-0.4, -0.2) is 19.5 Å². The molecule has 14 rings (SSSR count). The van der Waals surface area contributed by atoms with Crippen LogP contribution >= 0.6 is 0 Å². The summed E-state index contributed by atoms with van der Waals surface area (Å²) in [7, 11) is 0. The van der Waals surface area contributed by atoms with Crippen molar-refractivity contribution in [3.8, 4) is 61.8 Å². The molecular formula is C64H41N5. The summed E-state index contributed by atoms with van der Waals surface area (Å²) in [6.07, 6.45) is 0. The van der Waals surface area contributed by atoms with Gasteiger partial charge in [0.1, 0.15) is 0 Å². The molecule has 3 heterocycles. The predicted molar refractivity (Wildman–Crippen MR) is 281 cm³/mol. The smallest absolute Gasteiger partial charge is 0.238 e. The zero-order valence-electron chi connectivity index (χ0n) is 37.4. The Morgan fingerprint density at radius 2 is 0.797 bits per heavy atom. The van der Waals surface area contributed by atoms with Gasteiger partial charge in [0.05, 0.1) is 27.8 Å². The van der Waals surface area contributed by atoms with E-state index in [4.69, 9.17) is 15.0 Å². The molecule has 0 unspecified atom stereocenters. The number of benzene rings is 10. The fourth-order valence-corrected chi connectivity index (χ4v) is 11.3. The molecule has 0 bridgehead atoms. The summed E-state index contributed by atoms with van der Waals surface area (Å²) in [6.45, 7) is 0. The Labute approximate surface area is 399 Å². The first kappa shape index (κ1) is 39.0. The lowest BCUT2D eigenvalue weighted by atomic mass is 9.64. The third-order valence-electron chi connectivity index (χ3n) is 14.2. The summed E-state index contributed by atoms with van der Waals surface area (Å²) >= 11 is 0. The van der Waals surface area contributed by atoms with Crippen LogP contribution in [0, 0.1) is 0 Å². The summed E-state index contributed by atoms with van der Waals surface area (Å²) in [6, 6.07) is 89.5. The van der Waals surface area contributed by atoms with Crippen LogP contribution in [0.1, 0.15) is 22.3 Å². The van der Waals surface area contributed by atoms with Gasteiger partial charge in [-0.3, -0.25) is 4.90 Å². The Balaban J connectivity index is 0.940. The first-order valence-corrected chi connectivity index (χ1v) is 23.5. The van der Waals surface area contributed by atoms with Gasteiger partial charge in [-0.25, -0.2) is 4.98 Å². The number of para-hydroxylation sites is 4. The predicted octanol–water partition coefficient (Wildman–Crippen LogP) is 15.8. The number of anilines is 3. The van der Waals surface area contributed by atoms with E-state index in [2.05, 4.69) is 222 Å². The molecule has 0 fully saturated rings. The Kier molecular flexibility index (Phi) is 8.73. The fraction of sp³-hybridized carbons (Fsp3) is 0.0156. The van der Waals surface area contributed by atoms with Crippen molar-refractivity contribution in [2.75, 3.05) is 4.90 Å². The van der Waals surface area contributed by atoms with Crippen LogP contribution in [0.5, 0.6) is 0 Å². The topological polar surface area (TPSA) is 46.8 Å². The minimum Gasteiger partial charge on any atom is -0.309 e. The zero-order valence-corrected chi connectivity index (χ0v) is 37.4. The maximum Gasteiger partial charge on any atom is 0.238 e. The van der Waals surface area contributed by atoms with E-state index in [-0.39, 0.29) is 0 Å². The van der Waals surface area contributed by atoms with Crippen molar-refractivity contribution < 1.29 is 0 Å². The number of hydrogen-bond acceptors (Lipinski definition) is 4. The molecule has 10 aromatic carbocycles. The Bertz CT molecular complexity index is 3870. The summed E-state index contributed by atoms with van der Waals surface area (Å²) in [5.41, 5.74) is 18.9. The number of rotatable bonds is 6. The molecule has 0 amide bonds. The van der Waals surface area contributed by atoms with Gasteiger partial charge in [0.25, 0.3) is 0 Å². The monoisotopic (exact) mass is 879 g/mol. The van der Waals surface area contributed by atoms with E-state index in [0.29, 0.717) is 17.6 Å². The van der Waals surface area contributed by atoms with Gasteiger partial charge < -0.3 is 4.57 Å². The average molecular weight is 880 g/mol. The van der Waals surface area contributed by atoms with Crippen LogP contribution in [0.25, 0.3) is 83.6 Å². The third-order valence-corrected chi connectivity index (χ3v) is 14.2. The zero-order chi connectivity index (χ0) is 45.5. The Morgan fingerprint density at radius 3 is 1.48 bits per heavy atom. The van der Waals surface area contributed by atoms with Gasteiger partial charge >= 0.3 is 0 Å². The van der Waals surface area contributed by atoms with E-state index >= 15 is 0 Å². The van der Waals surface area contributed by atoms with Crippen LogP contribution < -0.4 is 4.90 Å². The van der Waals surface area contributed by atoms with Crippen molar-refractivity contribution in [1.29, 1.82) is 0 Å². The number of fused-ring (bicyclic) bond motifs is 12. The second-order valence-electron chi connectivity index (χ2n) is 17.9. The lowest BCUT2D eigenvalue weighted by Crippen LogP contribution is -2.36. The number of hydrogen-bond donors (Lipinski definition) is 0. The molecule has 0 saturated carbocycles. The minimum absolute atomic E-state index is 0.567. The van der Waals surface area contributed by atoms with Crippen LogP contribution in [0.15, 0.2) is 249 Å². The van der Waals surface area contributed by atoms with Gasteiger partial charge in [0, 0.05) is 27.6 Å². The molecule has 5 heteroatoms. The van der Waals surface area contributed by atoms with Crippen LogP contribution in [-0.2, 0) is 5.41 Å². The van der Waals surface area contributed by atoms with E-state index in [1.807, 2.05) is 36.4 Å². The van der Waals surface area contributed by atoms with Gasteiger partial charge in [-0.15, -0.1) is 0 Å². The van der Waals surface area contributed by atoms with E-state index < -0.39 is 5.41 Å². The van der Waals surface area contributed by atoms with Crippen LogP contribution in [0.2, 0.25) is 0 Å². The maximum atomic E-state index is 5.29. The van der Waals surface area contributed by atoms with Crippen molar-refractivity contribution in [3.63, 3.8) is 0 Å². The molecule has 0 N–H and O–H groups in total. The van der Waals surface area contributed by atoms with E-state index in [1.54, 1.807) is 0 Å². The van der Waals surface area contributed by atoms with Crippen molar-refractivity contribution in [2.24, 2.45) is 0 Å². The standard InChI is InChI=1S/C64H41N5/c1-4-19-42(20-5-1)61-65-62(43-21-6-2-7-22-43)67-63(66-61)69-59-33-16-13-30-54(59)64(55-31-14-17-34-60(55)69)53-29-12-10-27-49(53)50-37-35-47(41-56(50)64)45-24-18-23-44(39-45)46-36-38-58-52(40-46)51-28-11-15-32-57(51)68(58)48-25-8-3-9-26-48/h1-41H. The molecule has 2 aliphatic rings. The largest absolute Gasteiger partial charge is 0.309 e. The summed E-state index contributed by atoms with van der Waals surface area (Å²) in [5, 5.41) is 2.48. The van der Waals surface area contributed by atoms with Gasteiger partial charge in [0.2, 0.25) is 5.95 Å². The molecule has 1 aliphatic carbocycles. The van der Waals surface area contributed by atoms with Gasteiger partial charge in [-0.2, -0.15) is 9.97 Å². The normalized spacial score (nSPS) is 13.0. The second kappa shape index (κ2) is 15.4. The quantitative estimate of drug-likeness (QED) is 0.167. The first-order chi connectivity index (χ1) is 34.2. The van der Waals surface area contributed by atoms with Crippen LogP contribution in [0.4, 0.5) is 17.3 Å². The number of nitrogens with zero attached hydrogens (tertiary/aromatic N) is 5. The molecule has 0 radical (unpaired) electrons. The first-order valence-electron chi connectivity index (χ1n) is 23.5. The van der Waals surface area contributed by atoms with E-state index in [9.17, 15) is 0 Å². The van der Waals surface area contributed by atoms with Gasteiger partial charge in [-0.1, -0.05) is 194 Å². The Morgan fingerprint density at radius 1 is 0.304 bits per heavy atom. The highest BCUT2D eigenvalue weighted by molar-refractivity contribution is 6.10. The highest BCUT2D eigenvalue weighted by atomic mass is 15.3. The van der Waals surface area contributed by atoms with Gasteiger partial charge in [0.15, 0.2) is 11.6 Å². The molecule has 1 spiro atoms. The van der Waals surface area contributed by atoms with Crippen molar-refractivity contribution in [2.45, 2.75) is 5.41 Å². The van der Waals surface area contributed by atoms with Crippen molar-refractivity contribution in [3.05, 3.63) is 271 Å². The highest BCUT2D eigenvalue weighted by Crippen LogP contribution is 2.63. The molecule has 2 aromatic heterocycles. The second-order valence-corrected chi connectivity index (χ2v) is 17.9. The average Bonchev–Trinajstić information content (AvgIpc) is 3.92. The highest BCUT2D eigenvalue weighted by Gasteiger charge is 2.52. The molecular weight excluding hydrogens is 839 g/mol. The molecule has 12 aromatic rings. The summed E-state index contributed by atoms with van der Waals surface area (Å²) in [4.78, 5) is 17.9. The molecule has 0 saturated heterocycles. The van der Waals surface area contributed by atoms with Gasteiger partial charge in [-0.05, 0) is 110 Å². The molecule has 5 nitrogen and oxygen atoms in total. The SMILES string of the molecule is c1ccc(-c2nc(-c3ccccc3)nc(N3c4ccccc4C4(c5ccccc5-c5ccc(-c6cccc(-c7ccc8c(c7)c7ccccc7n8-c7ccccc7)c6)cc54)c4ccccc43)n2)cc1. The van der Waals surface area contributed by atoms with Crippen molar-refractivity contribution >= 4 is 39.1 Å². The lowest BCUT2D eigenvalue weighted by Gasteiger charge is -2.44. The lowest BCUT2D eigenvalue weighted by molar-refractivity contribution is 0.749. The molecule has 1 aliphatic heterocycles. The maximum absolute atomic E-state index is 5.29. The summed E-state index contributed by atoms with van der Waals surface area (Å²) < 4.78 is 2.37. The summed E-state index contributed by atoms with van der Waals surface area (Å²) in [5.74, 6) is 1.81. The Hall–Kier alpha value is -9.19. The number of aromatic nitrogens is 4. The van der Waals surface area contributed by atoms with E-state index in [1.165, 1.54) is 77.4 Å². The molecule has 0 atom stereocenters. The third kappa shape index (κ3) is 5.94. The molecule has 322 valence electrons.